The van der Waals surface area contributed by atoms with Gasteiger partial charge >= 0.3 is 6.09 Å². The quantitative estimate of drug-likeness (QED) is 0.814. The molecule has 1 aromatic heterocycles. The topological polar surface area (TPSA) is 36.0 Å². The molecule has 2 aliphatic heterocycles. The second kappa shape index (κ2) is 8.52. The first kappa shape index (κ1) is 18.0. The Morgan fingerprint density at radius 2 is 2.08 bits per heavy atom. The van der Waals surface area contributed by atoms with Gasteiger partial charge in [0.25, 0.3) is 0 Å². The van der Waals surface area contributed by atoms with E-state index in [0.717, 1.165) is 50.1 Å². The molecule has 1 atom stereocenters. The van der Waals surface area contributed by atoms with Crippen LogP contribution in [0, 0.1) is 0 Å². The van der Waals surface area contributed by atoms with E-state index in [1.54, 1.807) is 11.3 Å². The number of ether oxygens (including phenoxy) is 1. The lowest BCUT2D eigenvalue weighted by Crippen LogP contribution is -2.55. The average molecular weight is 372 g/mol. The molecule has 0 saturated carbocycles. The van der Waals surface area contributed by atoms with Crippen molar-refractivity contribution in [2.45, 2.75) is 32.4 Å². The predicted molar refractivity (Wildman–Crippen MR) is 97.8 cm³/mol. The van der Waals surface area contributed by atoms with Gasteiger partial charge in [0.1, 0.15) is 0 Å². The molecule has 134 valence electrons. The molecular formula is C17H26ClN3O2S. The van der Waals surface area contributed by atoms with Gasteiger partial charge in [-0.05, 0) is 38.4 Å². The van der Waals surface area contributed by atoms with Gasteiger partial charge in [-0.25, -0.2) is 4.79 Å². The number of rotatable bonds is 4. The molecule has 0 radical (unpaired) electrons. The van der Waals surface area contributed by atoms with E-state index in [-0.39, 0.29) is 6.09 Å². The average Bonchev–Trinajstić information content (AvgIpc) is 3.00. The third-order valence-corrected chi connectivity index (χ3v) is 6.06. The van der Waals surface area contributed by atoms with Crippen LogP contribution in [0.2, 0.25) is 4.34 Å². The van der Waals surface area contributed by atoms with Crippen molar-refractivity contribution in [1.82, 2.24) is 14.7 Å². The van der Waals surface area contributed by atoms with Crippen molar-refractivity contribution in [2.75, 3.05) is 45.9 Å². The number of amides is 1. The molecule has 3 heterocycles. The zero-order valence-electron chi connectivity index (χ0n) is 14.2. The highest BCUT2D eigenvalue weighted by Crippen LogP contribution is 2.25. The number of halogens is 1. The van der Waals surface area contributed by atoms with Crippen LogP contribution in [0.25, 0.3) is 0 Å². The minimum atomic E-state index is -0.169. The van der Waals surface area contributed by atoms with Crippen molar-refractivity contribution in [3.8, 4) is 0 Å². The number of carbonyl (C=O) groups excluding carboxylic acids is 1. The van der Waals surface area contributed by atoms with E-state index < -0.39 is 0 Å². The van der Waals surface area contributed by atoms with E-state index in [1.807, 2.05) is 17.9 Å². The number of nitrogens with zero attached hydrogens (tertiary/aromatic N) is 3. The molecule has 2 fully saturated rings. The normalized spacial score (nSPS) is 23.4. The molecular weight excluding hydrogens is 346 g/mol. The van der Waals surface area contributed by atoms with Crippen molar-refractivity contribution in [1.29, 1.82) is 0 Å². The minimum Gasteiger partial charge on any atom is -0.450 e. The van der Waals surface area contributed by atoms with Crippen LogP contribution in [0.3, 0.4) is 0 Å². The summed E-state index contributed by atoms with van der Waals surface area (Å²) in [6.45, 7) is 9.01. The fraction of sp³-hybridized carbons (Fsp3) is 0.706. The Labute approximate surface area is 153 Å². The molecule has 3 rings (SSSR count). The monoisotopic (exact) mass is 371 g/mol. The first-order valence-corrected chi connectivity index (χ1v) is 9.97. The van der Waals surface area contributed by atoms with Crippen molar-refractivity contribution >= 4 is 29.0 Å². The lowest BCUT2D eigenvalue weighted by molar-refractivity contribution is 0.0414. The van der Waals surface area contributed by atoms with Gasteiger partial charge in [0.2, 0.25) is 0 Å². The largest absolute Gasteiger partial charge is 0.450 e. The number of thiophene rings is 1. The van der Waals surface area contributed by atoms with Crippen molar-refractivity contribution in [3.05, 3.63) is 21.3 Å². The molecule has 0 unspecified atom stereocenters. The third kappa shape index (κ3) is 4.63. The fourth-order valence-electron chi connectivity index (χ4n) is 3.61. The van der Waals surface area contributed by atoms with Crippen LogP contribution in [-0.2, 0) is 11.3 Å². The Morgan fingerprint density at radius 3 is 2.75 bits per heavy atom. The van der Waals surface area contributed by atoms with Gasteiger partial charge in [0.05, 0.1) is 10.9 Å². The highest BCUT2D eigenvalue weighted by molar-refractivity contribution is 7.16. The SMILES string of the molecule is CCOC(=O)N1CCN([C@@H]2CCCN(Cc3ccc(Cl)s3)C2)CC1. The molecule has 1 aromatic rings. The minimum absolute atomic E-state index is 0.169. The molecule has 7 heteroatoms. The summed E-state index contributed by atoms with van der Waals surface area (Å²) >= 11 is 7.72. The van der Waals surface area contributed by atoms with Gasteiger partial charge in [-0.1, -0.05) is 11.6 Å². The highest BCUT2D eigenvalue weighted by atomic mass is 35.5. The maximum absolute atomic E-state index is 11.8. The van der Waals surface area contributed by atoms with E-state index in [0.29, 0.717) is 12.6 Å². The van der Waals surface area contributed by atoms with Gasteiger partial charge in [-0.2, -0.15) is 0 Å². The zero-order valence-corrected chi connectivity index (χ0v) is 15.8. The molecule has 2 saturated heterocycles. The van der Waals surface area contributed by atoms with Gasteiger partial charge < -0.3 is 9.64 Å². The molecule has 0 aromatic carbocycles. The Bertz CT molecular complexity index is 546. The van der Waals surface area contributed by atoms with Crippen LogP contribution >= 0.6 is 22.9 Å². The van der Waals surface area contributed by atoms with E-state index >= 15 is 0 Å². The number of carbonyl (C=O) groups is 1. The summed E-state index contributed by atoms with van der Waals surface area (Å²) in [6.07, 6.45) is 2.32. The first-order chi connectivity index (χ1) is 11.7. The van der Waals surface area contributed by atoms with Gasteiger partial charge in [0, 0.05) is 50.2 Å². The first-order valence-electron chi connectivity index (χ1n) is 8.78. The van der Waals surface area contributed by atoms with Gasteiger partial charge in [-0.15, -0.1) is 11.3 Å². The van der Waals surface area contributed by atoms with Crippen molar-refractivity contribution in [2.24, 2.45) is 0 Å². The number of likely N-dealkylation sites (tertiary alicyclic amines) is 1. The molecule has 0 bridgehead atoms. The van der Waals surface area contributed by atoms with E-state index in [1.165, 1.54) is 17.7 Å². The maximum Gasteiger partial charge on any atom is 0.409 e. The molecule has 0 spiro atoms. The second-order valence-electron chi connectivity index (χ2n) is 6.46. The number of hydrogen-bond acceptors (Lipinski definition) is 5. The van der Waals surface area contributed by atoms with E-state index in [4.69, 9.17) is 16.3 Å². The van der Waals surface area contributed by atoms with E-state index in [2.05, 4.69) is 15.9 Å². The van der Waals surface area contributed by atoms with E-state index in [9.17, 15) is 4.79 Å². The summed E-state index contributed by atoms with van der Waals surface area (Å²) in [5, 5.41) is 0. The summed E-state index contributed by atoms with van der Waals surface area (Å²) in [6, 6.07) is 4.71. The molecule has 0 N–H and O–H groups in total. The summed E-state index contributed by atoms with van der Waals surface area (Å²) in [5.41, 5.74) is 0. The van der Waals surface area contributed by atoms with Crippen LogP contribution in [0.4, 0.5) is 4.79 Å². The Balaban J connectivity index is 1.48. The summed E-state index contributed by atoms with van der Waals surface area (Å²) in [7, 11) is 0. The third-order valence-electron chi connectivity index (χ3n) is 4.85. The smallest absolute Gasteiger partial charge is 0.409 e. The second-order valence-corrected chi connectivity index (χ2v) is 8.26. The number of piperidine rings is 1. The predicted octanol–water partition coefficient (Wildman–Crippen LogP) is 3.14. The van der Waals surface area contributed by atoms with Gasteiger partial charge in [-0.3, -0.25) is 9.80 Å². The molecule has 24 heavy (non-hydrogen) atoms. The van der Waals surface area contributed by atoms with Crippen molar-refractivity contribution < 1.29 is 9.53 Å². The van der Waals surface area contributed by atoms with Gasteiger partial charge in [0.15, 0.2) is 0 Å². The fourth-order valence-corrected chi connectivity index (χ4v) is 4.74. The number of piperazine rings is 1. The van der Waals surface area contributed by atoms with Crippen LogP contribution in [0.5, 0.6) is 0 Å². The highest BCUT2D eigenvalue weighted by Gasteiger charge is 2.29. The van der Waals surface area contributed by atoms with Crippen LogP contribution < -0.4 is 0 Å². The lowest BCUT2D eigenvalue weighted by atomic mass is 10.0. The summed E-state index contributed by atoms with van der Waals surface area (Å²) < 4.78 is 5.97. The molecule has 1 amide bonds. The zero-order chi connectivity index (χ0) is 16.9. The Hall–Kier alpha value is -0.820. The summed E-state index contributed by atoms with van der Waals surface area (Å²) in [4.78, 5) is 20.1. The Kier molecular flexibility index (Phi) is 6.38. The molecule has 5 nitrogen and oxygen atoms in total. The van der Waals surface area contributed by atoms with Crippen LogP contribution in [0.15, 0.2) is 12.1 Å². The molecule has 2 aliphatic rings. The van der Waals surface area contributed by atoms with Crippen molar-refractivity contribution in [3.63, 3.8) is 0 Å². The van der Waals surface area contributed by atoms with Crippen LogP contribution in [-0.4, -0.2) is 72.7 Å². The van der Waals surface area contributed by atoms with Crippen LogP contribution in [0.1, 0.15) is 24.6 Å². The summed E-state index contributed by atoms with van der Waals surface area (Å²) in [5.74, 6) is 0. The number of hydrogen-bond donors (Lipinski definition) is 0. The standard InChI is InChI=1S/C17H26ClN3O2S/c1-2-23-17(22)21-10-8-20(9-11-21)14-4-3-7-19(12-14)13-15-5-6-16(18)24-15/h5-6,14H,2-4,7-13H2,1H3/t14-/m1/s1. The lowest BCUT2D eigenvalue weighted by Gasteiger charge is -2.43. The molecule has 0 aliphatic carbocycles. The Morgan fingerprint density at radius 1 is 1.29 bits per heavy atom. The maximum atomic E-state index is 11.8.